The number of nitrogens with zero attached hydrogens (tertiary/aromatic N) is 2. The zero-order valence-corrected chi connectivity index (χ0v) is 21.5. The van der Waals surface area contributed by atoms with Gasteiger partial charge >= 0.3 is 12.2 Å². The third-order valence-electron chi connectivity index (χ3n) is 6.03. The lowest BCUT2D eigenvalue weighted by Crippen LogP contribution is -2.35. The van der Waals surface area contributed by atoms with Gasteiger partial charge in [-0.2, -0.15) is 13.2 Å². The lowest BCUT2D eigenvalue weighted by atomic mass is 10.0. The summed E-state index contributed by atoms with van der Waals surface area (Å²) in [5.74, 6) is 0.300. The van der Waals surface area contributed by atoms with Crippen molar-refractivity contribution in [1.29, 1.82) is 0 Å². The van der Waals surface area contributed by atoms with Gasteiger partial charge in [0.15, 0.2) is 0 Å². The zero-order valence-electron chi connectivity index (χ0n) is 20.7. The molecule has 0 bridgehead atoms. The first-order valence-electron chi connectivity index (χ1n) is 11.8. The molecule has 0 saturated heterocycles. The van der Waals surface area contributed by atoms with Crippen LogP contribution in [0.5, 0.6) is 0 Å². The van der Waals surface area contributed by atoms with Gasteiger partial charge in [-0.3, -0.25) is 9.88 Å². The summed E-state index contributed by atoms with van der Waals surface area (Å²) in [6.45, 7) is 8.01. The summed E-state index contributed by atoms with van der Waals surface area (Å²) in [5, 5.41) is 3.44. The average molecular weight is 519 g/mol. The minimum Gasteiger partial charge on any atom is -0.398 e. The van der Waals surface area contributed by atoms with Crippen molar-refractivity contribution < 1.29 is 18.0 Å². The summed E-state index contributed by atoms with van der Waals surface area (Å²) >= 11 is 6.43. The van der Waals surface area contributed by atoms with Crippen molar-refractivity contribution in [2.24, 2.45) is 0 Å². The van der Waals surface area contributed by atoms with Crippen LogP contribution in [0.3, 0.4) is 0 Å². The van der Waals surface area contributed by atoms with Crippen LogP contribution in [0.2, 0.25) is 5.02 Å². The molecule has 0 unspecified atom stereocenters. The van der Waals surface area contributed by atoms with E-state index in [1.165, 1.54) is 11.0 Å². The highest BCUT2D eigenvalue weighted by molar-refractivity contribution is 6.32. The second-order valence-corrected chi connectivity index (χ2v) is 9.21. The summed E-state index contributed by atoms with van der Waals surface area (Å²) in [6.07, 6.45) is -2.25. The Labute approximate surface area is 214 Å². The maximum Gasteiger partial charge on any atom is 0.433 e. The van der Waals surface area contributed by atoms with Crippen LogP contribution in [0.4, 0.5) is 35.0 Å². The maximum absolute atomic E-state index is 13.7. The van der Waals surface area contributed by atoms with Crippen LogP contribution in [-0.4, -0.2) is 11.0 Å². The van der Waals surface area contributed by atoms with Crippen LogP contribution in [0.1, 0.15) is 61.6 Å². The fourth-order valence-corrected chi connectivity index (χ4v) is 4.34. The number of amides is 2. The Hall–Kier alpha value is -3.26. The van der Waals surface area contributed by atoms with Crippen molar-refractivity contribution in [1.82, 2.24) is 4.98 Å². The summed E-state index contributed by atoms with van der Waals surface area (Å²) < 4.78 is 38.9. The fourth-order valence-electron chi connectivity index (χ4n) is 4.00. The molecule has 0 fully saturated rings. The lowest BCUT2D eigenvalue weighted by molar-refractivity contribution is -0.141. The molecular weight excluding hydrogens is 489 g/mol. The summed E-state index contributed by atoms with van der Waals surface area (Å²) in [6, 6.07) is 11.0. The molecule has 36 heavy (non-hydrogen) atoms. The molecule has 0 saturated carbocycles. The van der Waals surface area contributed by atoms with E-state index in [1.54, 1.807) is 6.07 Å². The van der Waals surface area contributed by atoms with Crippen LogP contribution >= 0.6 is 11.6 Å². The number of nitrogen functional groups attached to an aromatic ring is 1. The van der Waals surface area contributed by atoms with Gasteiger partial charge in [0.25, 0.3) is 0 Å². The lowest BCUT2D eigenvalue weighted by Gasteiger charge is -2.26. The number of anilines is 3. The number of urea groups is 1. The number of pyridine rings is 1. The van der Waals surface area contributed by atoms with Crippen LogP contribution in [0.25, 0.3) is 0 Å². The van der Waals surface area contributed by atoms with Crippen molar-refractivity contribution in [2.45, 2.75) is 59.2 Å². The minimum atomic E-state index is -4.54. The standard InChI is InChI=1S/C27H30ClF3N4O/c1-5-20-22(28)13-23(32)21(6-2)25(20)34-26(36)35(19-10-8-18(9-11-19)16(3)4)15-17-7-12-24(33-14-17)27(29,30)31/h7-14,16H,5-6,15,32H2,1-4H3,(H,34,36). The SMILES string of the molecule is CCc1c(N)cc(Cl)c(CC)c1NC(=O)N(Cc1ccc(C(F)(F)F)nc1)c1ccc(C(C)C)cc1. The number of carbonyl (C=O) groups is 1. The van der Waals surface area contributed by atoms with E-state index in [1.807, 2.05) is 38.1 Å². The van der Waals surface area contributed by atoms with Crippen molar-refractivity contribution >= 4 is 34.7 Å². The van der Waals surface area contributed by atoms with E-state index >= 15 is 0 Å². The second kappa shape index (κ2) is 11.2. The van der Waals surface area contributed by atoms with Gasteiger partial charge in [-0.15, -0.1) is 0 Å². The van der Waals surface area contributed by atoms with Crippen molar-refractivity contribution in [3.8, 4) is 0 Å². The Morgan fingerprint density at radius 2 is 1.72 bits per heavy atom. The Kier molecular flexibility index (Phi) is 8.51. The largest absolute Gasteiger partial charge is 0.433 e. The molecule has 0 spiro atoms. The predicted molar refractivity (Wildman–Crippen MR) is 140 cm³/mol. The van der Waals surface area contributed by atoms with Crippen LogP contribution < -0.4 is 16.0 Å². The predicted octanol–water partition coefficient (Wildman–Crippen LogP) is 7.82. The molecule has 3 aromatic rings. The number of hydrogen-bond donors (Lipinski definition) is 2. The molecule has 9 heteroatoms. The number of aromatic nitrogens is 1. The van der Waals surface area contributed by atoms with E-state index < -0.39 is 17.9 Å². The van der Waals surface area contributed by atoms with Gasteiger partial charge in [-0.1, -0.05) is 57.5 Å². The highest BCUT2D eigenvalue weighted by atomic mass is 35.5. The smallest absolute Gasteiger partial charge is 0.398 e. The summed E-state index contributed by atoms with van der Waals surface area (Å²) in [4.78, 5) is 18.7. The van der Waals surface area contributed by atoms with Crippen LogP contribution in [0.15, 0.2) is 48.7 Å². The van der Waals surface area contributed by atoms with Crippen molar-refractivity contribution in [3.63, 3.8) is 0 Å². The van der Waals surface area contributed by atoms with Crippen molar-refractivity contribution in [2.75, 3.05) is 16.0 Å². The Morgan fingerprint density at radius 1 is 1.08 bits per heavy atom. The molecule has 0 aliphatic heterocycles. The number of nitrogens with two attached hydrogens (primary N) is 1. The molecule has 0 aliphatic rings. The van der Waals surface area contributed by atoms with Gasteiger partial charge in [0, 0.05) is 22.6 Å². The van der Waals surface area contributed by atoms with Gasteiger partial charge in [-0.05, 0) is 65.3 Å². The van der Waals surface area contributed by atoms with Gasteiger partial charge < -0.3 is 11.1 Å². The molecule has 0 radical (unpaired) electrons. The molecular formula is C27H30ClF3N4O. The van der Waals surface area contributed by atoms with E-state index in [4.69, 9.17) is 17.3 Å². The highest BCUT2D eigenvalue weighted by Gasteiger charge is 2.32. The minimum absolute atomic E-state index is 0.0109. The number of nitrogens with one attached hydrogen (secondary N) is 1. The second-order valence-electron chi connectivity index (χ2n) is 8.80. The molecule has 0 aliphatic carbocycles. The number of halogens is 4. The number of hydrogen-bond acceptors (Lipinski definition) is 3. The number of rotatable bonds is 7. The average Bonchev–Trinajstić information content (AvgIpc) is 2.82. The first-order chi connectivity index (χ1) is 17.0. The quantitative estimate of drug-likeness (QED) is 0.313. The summed E-state index contributed by atoms with van der Waals surface area (Å²) in [7, 11) is 0. The molecule has 2 aromatic carbocycles. The number of alkyl halides is 3. The molecule has 192 valence electrons. The monoisotopic (exact) mass is 518 g/mol. The molecule has 5 nitrogen and oxygen atoms in total. The van der Waals surface area contributed by atoms with E-state index in [2.05, 4.69) is 24.1 Å². The van der Waals surface area contributed by atoms with E-state index in [0.29, 0.717) is 46.4 Å². The molecule has 3 N–H and O–H groups in total. The Balaban J connectivity index is 2.01. The van der Waals surface area contributed by atoms with Crippen LogP contribution in [0, 0.1) is 0 Å². The van der Waals surface area contributed by atoms with E-state index in [-0.39, 0.29) is 6.54 Å². The van der Waals surface area contributed by atoms with Gasteiger partial charge in [0.2, 0.25) is 0 Å². The normalized spacial score (nSPS) is 11.6. The fraction of sp³-hybridized carbons (Fsp3) is 0.333. The van der Waals surface area contributed by atoms with Crippen molar-refractivity contribution in [3.05, 3.63) is 81.6 Å². The first kappa shape index (κ1) is 27.3. The van der Waals surface area contributed by atoms with Crippen LogP contribution in [-0.2, 0) is 25.6 Å². The van der Waals surface area contributed by atoms with Gasteiger partial charge in [-0.25, -0.2) is 4.79 Å². The third-order valence-corrected chi connectivity index (χ3v) is 6.37. The maximum atomic E-state index is 13.7. The number of carbonyl (C=O) groups excluding carboxylic acids is 1. The topological polar surface area (TPSA) is 71.2 Å². The summed E-state index contributed by atoms with van der Waals surface area (Å²) in [5.41, 5.74) is 9.91. The zero-order chi connectivity index (χ0) is 26.6. The molecule has 2 amide bonds. The molecule has 3 rings (SSSR count). The number of benzene rings is 2. The Morgan fingerprint density at radius 3 is 2.22 bits per heavy atom. The molecule has 0 atom stereocenters. The Bertz CT molecular complexity index is 1180. The van der Waals surface area contributed by atoms with Gasteiger partial charge in [0.05, 0.1) is 12.2 Å². The third kappa shape index (κ3) is 6.10. The first-order valence-corrected chi connectivity index (χ1v) is 12.1. The van der Waals surface area contributed by atoms with E-state index in [9.17, 15) is 18.0 Å². The molecule has 1 aromatic heterocycles. The van der Waals surface area contributed by atoms with Gasteiger partial charge in [0.1, 0.15) is 5.69 Å². The highest BCUT2D eigenvalue weighted by Crippen LogP contribution is 2.35. The molecule has 1 heterocycles. The van der Waals surface area contributed by atoms with E-state index in [0.717, 1.165) is 29.0 Å².